The molecule has 1 saturated heterocycles. The fourth-order valence-corrected chi connectivity index (χ4v) is 2.29. The Morgan fingerprint density at radius 3 is 2.41 bits per heavy atom. The normalized spacial score (nSPS) is 18.0. The Kier molecular flexibility index (Phi) is 5.42. The van der Waals surface area contributed by atoms with Gasteiger partial charge in [0.2, 0.25) is 0 Å². The van der Waals surface area contributed by atoms with E-state index >= 15 is 0 Å². The molecule has 1 aromatic carbocycles. The summed E-state index contributed by atoms with van der Waals surface area (Å²) < 4.78 is 41.9. The standard InChI is InChI=1S/C15H19F3N2O2/c1-11(19-14(21)15(16,17)18)13-4-2-12(3-5-13)10-20-6-8-22-9-7-20/h2-5,11H,6-10H2,1H3,(H,19,21)/t11-/m1/s1. The monoisotopic (exact) mass is 316 g/mol. The first-order valence-corrected chi connectivity index (χ1v) is 7.13. The fourth-order valence-electron chi connectivity index (χ4n) is 2.29. The number of carbonyl (C=O) groups is 1. The largest absolute Gasteiger partial charge is 0.471 e. The number of amides is 1. The number of nitrogens with one attached hydrogen (secondary N) is 1. The number of alkyl halides is 3. The Bertz CT molecular complexity index is 497. The molecule has 0 bridgehead atoms. The summed E-state index contributed by atoms with van der Waals surface area (Å²) in [7, 11) is 0. The molecule has 122 valence electrons. The van der Waals surface area contributed by atoms with Gasteiger partial charge in [0.25, 0.3) is 0 Å². The highest BCUT2D eigenvalue weighted by atomic mass is 19.4. The van der Waals surface area contributed by atoms with Gasteiger partial charge in [-0.3, -0.25) is 9.69 Å². The number of hydrogen-bond donors (Lipinski definition) is 1. The summed E-state index contributed by atoms with van der Waals surface area (Å²) in [6.07, 6.45) is -4.86. The van der Waals surface area contributed by atoms with Crippen molar-refractivity contribution in [2.24, 2.45) is 0 Å². The Morgan fingerprint density at radius 1 is 1.27 bits per heavy atom. The van der Waals surface area contributed by atoms with E-state index in [0.29, 0.717) is 5.56 Å². The molecule has 4 nitrogen and oxygen atoms in total. The predicted octanol–water partition coefficient (Wildman–Crippen LogP) is 2.26. The van der Waals surface area contributed by atoms with Crippen LogP contribution in [0, 0.1) is 0 Å². The average molecular weight is 316 g/mol. The van der Waals surface area contributed by atoms with Gasteiger partial charge in [-0.15, -0.1) is 0 Å². The minimum Gasteiger partial charge on any atom is -0.379 e. The van der Waals surface area contributed by atoms with Crippen LogP contribution in [-0.4, -0.2) is 43.3 Å². The first kappa shape index (κ1) is 16.8. The second-order valence-corrected chi connectivity index (χ2v) is 5.32. The van der Waals surface area contributed by atoms with Crippen molar-refractivity contribution in [2.75, 3.05) is 26.3 Å². The van der Waals surface area contributed by atoms with E-state index < -0.39 is 18.1 Å². The highest BCUT2D eigenvalue weighted by molar-refractivity contribution is 5.82. The number of benzene rings is 1. The fraction of sp³-hybridized carbons (Fsp3) is 0.533. The molecule has 22 heavy (non-hydrogen) atoms. The van der Waals surface area contributed by atoms with Crippen molar-refractivity contribution in [3.05, 3.63) is 35.4 Å². The number of hydrogen-bond acceptors (Lipinski definition) is 3. The summed E-state index contributed by atoms with van der Waals surface area (Å²) in [6, 6.07) is 6.56. The zero-order valence-corrected chi connectivity index (χ0v) is 12.3. The van der Waals surface area contributed by atoms with Gasteiger partial charge >= 0.3 is 12.1 Å². The van der Waals surface area contributed by atoms with E-state index in [4.69, 9.17) is 4.74 Å². The topological polar surface area (TPSA) is 41.6 Å². The van der Waals surface area contributed by atoms with Gasteiger partial charge in [-0.1, -0.05) is 24.3 Å². The molecule has 1 aliphatic heterocycles. The number of rotatable bonds is 4. The zero-order valence-electron chi connectivity index (χ0n) is 12.3. The maximum Gasteiger partial charge on any atom is 0.471 e. The number of nitrogens with zero attached hydrogens (tertiary/aromatic N) is 1. The van der Waals surface area contributed by atoms with Gasteiger partial charge in [-0.05, 0) is 18.1 Å². The average Bonchev–Trinajstić information content (AvgIpc) is 2.48. The summed E-state index contributed by atoms with van der Waals surface area (Å²) in [5, 5.41) is 1.95. The van der Waals surface area contributed by atoms with Crippen molar-refractivity contribution in [1.82, 2.24) is 10.2 Å². The van der Waals surface area contributed by atoms with Crippen LogP contribution in [0.1, 0.15) is 24.1 Å². The van der Waals surface area contributed by atoms with E-state index in [2.05, 4.69) is 4.90 Å². The van der Waals surface area contributed by atoms with Crippen LogP contribution in [0.2, 0.25) is 0 Å². The maximum absolute atomic E-state index is 12.2. The summed E-state index contributed by atoms with van der Waals surface area (Å²) in [5.41, 5.74) is 1.73. The first-order valence-electron chi connectivity index (χ1n) is 7.13. The van der Waals surface area contributed by atoms with Gasteiger partial charge in [0.15, 0.2) is 0 Å². The van der Waals surface area contributed by atoms with Crippen molar-refractivity contribution < 1.29 is 22.7 Å². The highest BCUT2D eigenvalue weighted by Crippen LogP contribution is 2.19. The summed E-state index contributed by atoms with van der Waals surface area (Å²) in [4.78, 5) is 13.2. The van der Waals surface area contributed by atoms with Gasteiger partial charge in [0.05, 0.1) is 19.3 Å². The van der Waals surface area contributed by atoms with Crippen LogP contribution in [0.4, 0.5) is 13.2 Å². The molecule has 7 heteroatoms. The summed E-state index contributed by atoms with van der Waals surface area (Å²) in [5.74, 6) is -1.92. The van der Waals surface area contributed by atoms with Crippen molar-refractivity contribution in [1.29, 1.82) is 0 Å². The van der Waals surface area contributed by atoms with Crippen molar-refractivity contribution in [3.8, 4) is 0 Å². The van der Waals surface area contributed by atoms with Crippen LogP contribution < -0.4 is 5.32 Å². The highest BCUT2D eigenvalue weighted by Gasteiger charge is 2.39. The molecule has 0 radical (unpaired) electrons. The SMILES string of the molecule is C[C@@H](NC(=O)C(F)(F)F)c1ccc(CN2CCOCC2)cc1. The molecular formula is C15H19F3N2O2. The third kappa shape index (κ3) is 4.71. The van der Waals surface area contributed by atoms with E-state index in [1.165, 1.54) is 6.92 Å². The number of morpholine rings is 1. The molecule has 1 heterocycles. The lowest BCUT2D eigenvalue weighted by Crippen LogP contribution is -2.38. The number of carbonyl (C=O) groups excluding carboxylic acids is 1. The van der Waals surface area contributed by atoms with E-state index in [-0.39, 0.29) is 0 Å². The second kappa shape index (κ2) is 7.11. The van der Waals surface area contributed by atoms with Crippen molar-refractivity contribution in [3.63, 3.8) is 0 Å². The summed E-state index contributed by atoms with van der Waals surface area (Å²) >= 11 is 0. The molecule has 0 aliphatic carbocycles. The van der Waals surface area contributed by atoms with E-state index in [0.717, 1.165) is 38.4 Å². The molecule has 1 fully saturated rings. The summed E-state index contributed by atoms with van der Waals surface area (Å²) in [6.45, 7) is 5.50. The van der Waals surface area contributed by atoms with Crippen molar-refractivity contribution >= 4 is 5.91 Å². The Balaban J connectivity index is 1.91. The van der Waals surface area contributed by atoms with Gasteiger partial charge < -0.3 is 10.1 Å². The predicted molar refractivity (Wildman–Crippen MR) is 75.2 cm³/mol. The van der Waals surface area contributed by atoms with Crippen LogP contribution in [0.25, 0.3) is 0 Å². The quantitative estimate of drug-likeness (QED) is 0.926. The first-order chi connectivity index (χ1) is 10.4. The lowest BCUT2D eigenvalue weighted by Gasteiger charge is -2.26. The van der Waals surface area contributed by atoms with Gasteiger partial charge in [-0.2, -0.15) is 13.2 Å². The number of ether oxygens (including phenoxy) is 1. The van der Waals surface area contributed by atoms with Crippen LogP contribution in [0.15, 0.2) is 24.3 Å². The third-order valence-electron chi connectivity index (χ3n) is 3.59. The third-order valence-corrected chi connectivity index (χ3v) is 3.59. The molecule has 0 saturated carbocycles. The van der Waals surface area contributed by atoms with Gasteiger partial charge in [-0.25, -0.2) is 0 Å². The Labute approximate surface area is 127 Å². The Hall–Kier alpha value is -1.60. The minimum absolute atomic E-state index is 0.642. The molecule has 1 atom stereocenters. The van der Waals surface area contributed by atoms with Gasteiger partial charge in [0, 0.05) is 19.6 Å². The molecule has 2 rings (SSSR count). The molecule has 0 aromatic heterocycles. The second-order valence-electron chi connectivity index (χ2n) is 5.32. The van der Waals surface area contributed by atoms with Crippen molar-refractivity contribution in [2.45, 2.75) is 25.7 Å². The molecule has 1 aromatic rings. The maximum atomic E-state index is 12.2. The van der Waals surface area contributed by atoms with Gasteiger partial charge in [0.1, 0.15) is 0 Å². The smallest absolute Gasteiger partial charge is 0.379 e. The molecular weight excluding hydrogens is 297 g/mol. The van der Waals surface area contributed by atoms with Crippen LogP contribution >= 0.6 is 0 Å². The van der Waals surface area contributed by atoms with Crippen LogP contribution in [-0.2, 0) is 16.1 Å². The van der Waals surface area contributed by atoms with Crippen LogP contribution in [0.3, 0.4) is 0 Å². The molecule has 0 spiro atoms. The van der Waals surface area contributed by atoms with Crippen LogP contribution in [0.5, 0.6) is 0 Å². The zero-order chi connectivity index (χ0) is 16.2. The lowest BCUT2D eigenvalue weighted by atomic mass is 10.1. The molecule has 1 amide bonds. The lowest BCUT2D eigenvalue weighted by molar-refractivity contribution is -0.174. The van der Waals surface area contributed by atoms with E-state index in [1.807, 2.05) is 17.4 Å². The van der Waals surface area contributed by atoms with E-state index in [1.54, 1.807) is 12.1 Å². The minimum atomic E-state index is -4.86. The van der Waals surface area contributed by atoms with E-state index in [9.17, 15) is 18.0 Å². The Morgan fingerprint density at radius 2 is 1.86 bits per heavy atom. The molecule has 0 unspecified atom stereocenters. The molecule has 1 aliphatic rings. The molecule has 1 N–H and O–H groups in total. The number of halogens is 3.